The van der Waals surface area contributed by atoms with Crippen LogP contribution in [-0.2, 0) is 0 Å². The molecule has 0 atom stereocenters. The first-order valence-electron chi connectivity index (χ1n) is 5.10. The van der Waals surface area contributed by atoms with E-state index in [4.69, 9.17) is 0 Å². The van der Waals surface area contributed by atoms with E-state index in [1.54, 1.807) is 18.6 Å². The van der Waals surface area contributed by atoms with Crippen molar-refractivity contribution in [3.63, 3.8) is 0 Å². The van der Waals surface area contributed by atoms with Gasteiger partial charge < -0.3 is 13.8 Å². The Bertz CT molecular complexity index is 451. The molecule has 17 heavy (non-hydrogen) atoms. The number of aromatic nitrogens is 6. The Kier molecular flexibility index (Phi) is 4.35. The molecule has 0 radical (unpaired) electrons. The fraction of sp³-hybridized carbons (Fsp3) is 0. The summed E-state index contributed by atoms with van der Waals surface area (Å²) >= 11 is 0. The van der Waals surface area contributed by atoms with Crippen molar-refractivity contribution in [2.75, 3.05) is 0 Å². The SMILES string of the molecule is [K+].c1cnn([BH-](n2cccn2)n2cccn2)c1. The van der Waals surface area contributed by atoms with Gasteiger partial charge in [-0.1, -0.05) is 0 Å². The number of nitrogens with zero attached hydrogens (tertiary/aromatic N) is 6. The van der Waals surface area contributed by atoms with Gasteiger partial charge in [0.15, 0.2) is 0 Å². The molecule has 3 aromatic rings. The van der Waals surface area contributed by atoms with Crippen LogP contribution in [0.25, 0.3) is 0 Å². The topological polar surface area (TPSA) is 53.5 Å². The second kappa shape index (κ2) is 5.78. The molecular weight excluding hydrogens is 242 g/mol. The Morgan fingerprint density at radius 1 is 0.647 bits per heavy atom. The van der Waals surface area contributed by atoms with Gasteiger partial charge in [0.05, 0.1) is 0 Å². The summed E-state index contributed by atoms with van der Waals surface area (Å²) in [6.07, 6.45) is 11.0. The summed E-state index contributed by atoms with van der Waals surface area (Å²) in [5, 5.41) is 12.8. The average Bonchev–Trinajstić information content (AvgIpc) is 3.02. The third-order valence-electron chi connectivity index (χ3n) is 2.55. The van der Waals surface area contributed by atoms with Gasteiger partial charge in [0.25, 0.3) is 0 Å². The molecule has 0 saturated carbocycles. The molecule has 0 unspecified atom stereocenters. The van der Waals surface area contributed by atoms with Crippen LogP contribution in [-0.4, -0.2) is 36.2 Å². The summed E-state index contributed by atoms with van der Waals surface area (Å²) < 4.78 is 5.62. The van der Waals surface area contributed by atoms with Gasteiger partial charge in [-0.2, -0.15) is 0 Å². The van der Waals surface area contributed by atoms with Crippen molar-refractivity contribution < 1.29 is 51.4 Å². The van der Waals surface area contributed by atoms with Crippen molar-refractivity contribution in [2.24, 2.45) is 0 Å². The van der Waals surface area contributed by atoms with E-state index in [2.05, 4.69) is 15.3 Å². The van der Waals surface area contributed by atoms with E-state index in [0.29, 0.717) is 0 Å². The molecule has 0 aromatic carbocycles. The van der Waals surface area contributed by atoms with E-state index < -0.39 is 7.12 Å². The molecule has 0 amide bonds. The van der Waals surface area contributed by atoms with Gasteiger partial charge in [-0.25, -0.2) is 15.3 Å². The zero-order chi connectivity index (χ0) is 10.8. The van der Waals surface area contributed by atoms with Crippen LogP contribution in [0, 0.1) is 0 Å². The molecule has 6 nitrogen and oxygen atoms in total. The van der Waals surface area contributed by atoms with Crippen molar-refractivity contribution in [3.05, 3.63) is 55.4 Å². The van der Waals surface area contributed by atoms with Gasteiger partial charge in [0, 0.05) is 18.6 Å². The maximum Gasteiger partial charge on any atom is 1.00 e. The van der Waals surface area contributed by atoms with Crippen LogP contribution < -0.4 is 51.4 Å². The molecule has 8 heteroatoms. The fourth-order valence-corrected chi connectivity index (χ4v) is 1.85. The smallest absolute Gasteiger partial charge is 0.403 e. The second-order valence-electron chi connectivity index (χ2n) is 3.56. The third-order valence-corrected chi connectivity index (χ3v) is 2.55. The summed E-state index contributed by atoms with van der Waals surface area (Å²) in [7, 11) is -1.12. The van der Waals surface area contributed by atoms with E-state index in [9.17, 15) is 0 Å². The van der Waals surface area contributed by atoms with Crippen molar-refractivity contribution >= 4 is 7.12 Å². The van der Waals surface area contributed by atoms with Gasteiger partial charge >= 0.3 is 58.5 Å². The molecule has 0 fully saturated rings. The monoisotopic (exact) mass is 252 g/mol. The van der Waals surface area contributed by atoms with Crippen LogP contribution in [0.2, 0.25) is 0 Å². The predicted molar refractivity (Wildman–Crippen MR) is 60.0 cm³/mol. The maximum atomic E-state index is 4.26. The van der Waals surface area contributed by atoms with Crippen LogP contribution in [0.3, 0.4) is 0 Å². The molecule has 0 bridgehead atoms. The van der Waals surface area contributed by atoms with Gasteiger partial charge in [0.2, 0.25) is 0 Å². The molecule has 3 aromatic heterocycles. The summed E-state index contributed by atoms with van der Waals surface area (Å²) in [4.78, 5) is 0. The largest absolute Gasteiger partial charge is 1.00 e. The second-order valence-corrected chi connectivity index (χ2v) is 3.56. The molecule has 0 aliphatic carbocycles. The fourth-order valence-electron chi connectivity index (χ4n) is 1.85. The molecule has 0 spiro atoms. The number of hydrogen-bond acceptors (Lipinski definition) is 3. The minimum Gasteiger partial charge on any atom is -0.403 e. The zero-order valence-electron chi connectivity index (χ0n) is 9.59. The van der Waals surface area contributed by atoms with E-state index >= 15 is 0 Å². The standard InChI is InChI=1S/C9H10BN6.K/c1-4-11-14(7-1)10(15-8-2-5-12-15)16-9-3-6-13-16;/h1-10H;/q-1;+1. The quantitative estimate of drug-likeness (QED) is 0.465. The Morgan fingerprint density at radius 2 is 1.00 bits per heavy atom. The van der Waals surface area contributed by atoms with E-state index in [1.165, 1.54) is 0 Å². The number of rotatable bonds is 3. The summed E-state index contributed by atoms with van der Waals surface area (Å²) in [6, 6.07) is 5.69. The Hall–Kier alpha value is -0.669. The van der Waals surface area contributed by atoms with E-state index in [-0.39, 0.29) is 51.4 Å². The van der Waals surface area contributed by atoms with Crippen molar-refractivity contribution in [1.29, 1.82) is 0 Å². The Morgan fingerprint density at radius 3 is 1.24 bits per heavy atom. The van der Waals surface area contributed by atoms with Crippen LogP contribution in [0.15, 0.2) is 55.4 Å². The van der Waals surface area contributed by atoms with E-state index in [1.807, 2.05) is 50.6 Å². The average molecular weight is 252 g/mol. The molecule has 0 N–H and O–H groups in total. The van der Waals surface area contributed by atoms with Crippen molar-refractivity contribution in [2.45, 2.75) is 0 Å². The molecule has 3 rings (SSSR count). The predicted octanol–water partition coefficient (Wildman–Crippen LogP) is -3.06. The van der Waals surface area contributed by atoms with Crippen LogP contribution in [0.5, 0.6) is 0 Å². The van der Waals surface area contributed by atoms with Gasteiger partial charge in [0.1, 0.15) is 0 Å². The maximum absolute atomic E-state index is 4.26. The van der Waals surface area contributed by atoms with Crippen molar-refractivity contribution in [3.8, 4) is 0 Å². The zero-order valence-corrected chi connectivity index (χ0v) is 12.7. The molecule has 3 heterocycles. The summed E-state index contributed by atoms with van der Waals surface area (Å²) in [6.45, 7) is 0. The van der Waals surface area contributed by atoms with Crippen molar-refractivity contribution in [1.82, 2.24) is 29.1 Å². The van der Waals surface area contributed by atoms with Gasteiger partial charge in [-0.15, -0.1) is 0 Å². The van der Waals surface area contributed by atoms with Gasteiger partial charge in [-0.05, 0) is 36.8 Å². The first-order valence-corrected chi connectivity index (χ1v) is 5.10. The minimum absolute atomic E-state index is 0. The number of hydrogen-bond donors (Lipinski definition) is 0. The third kappa shape index (κ3) is 2.61. The normalized spacial score (nSPS) is 10.4. The molecule has 80 valence electrons. The Labute approximate surface area is 141 Å². The van der Waals surface area contributed by atoms with Crippen LogP contribution in [0.4, 0.5) is 0 Å². The molecule has 0 saturated heterocycles. The van der Waals surface area contributed by atoms with Gasteiger partial charge in [-0.3, -0.25) is 0 Å². The molecular formula is C9H10BKN6. The van der Waals surface area contributed by atoms with E-state index in [0.717, 1.165) is 0 Å². The first-order chi connectivity index (χ1) is 7.95. The summed E-state index contributed by atoms with van der Waals surface area (Å²) in [5.74, 6) is 0. The summed E-state index contributed by atoms with van der Waals surface area (Å²) in [5.41, 5.74) is 0. The minimum atomic E-state index is -1.12. The van der Waals surface area contributed by atoms with Crippen LogP contribution in [0.1, 0.15) is 0 Å². The Balaban J connectivity index is 0.00000108. The first kappa shape index (κ1) is 12.8. The van der Waals surface area contributed by atoms with Crippen LogP contribution >= 0.6 is 0 Å². The molecule has 0 aliphatic heterocycles. The molecule has 0 aliphatic rings.